The van der Waals surface area contributed by atoms with Gasteiger partial charge in [-0.05, 0) is 38.1 Å². The largest absolute Gasteiger partial charge is 0.317 e. The molecule has 0 amide bonds. The van der Waals surface area contributed by atoms with Crippen LogP contribution in [0.3, 0.4) is 0 Å². The van der Waals surface area contributed by atoms with Crippen molar-refractivity contribution in [1.82, 2.24) is 20.1 Å². The van der Waals surface area contributed by atoms with Crippen LogP contribution in [0.25, 0.3) is 0 Å². The molecule has 0 radical (unpaired) electrons. The average Bonchev–Trinajstić information content (AvgIpc) is 2.49. The van der Waals surface area contributed by atoms with Crippen molar-refractivity contribution >= 4 is 12.2 Å². The molecule has 13 heavy (non-hydrogen) atoms. The fourth-order valence-corrected chi connectivity index (χ4v) is 1.94. The first-order valence-corrected chi connectivity index (χ1v) is 5.02. The van der Waals surface area contributed by atoms with Gasteiger partial charge in [-0.25, -0.2) is 0 Å². The highest BCUT2D eigenvalue weighted by atomic mass is 32.1. The van der Waals surface area contributed by atoms with E-state index >= 15 is 0 Å². The number of H-pyrrole nitrogens is 1. The third-order valence-electron chi connectivity index (χ3n) is 2.62. The topological polar surface area (TPSA) is 45.6 Å². The summed E-state index contributed by atoms with van der Waals surface area (Å²) in [5.74, 6) is 1.67. The molecule has 1 aliphatic rings. The number of nitrogens with one attached hydrogen (secondary N) is 2. The smallest absolute Gasteiger partial charge is 0.194 e. The molecule has 1 aliphatic heterocycles. The fraction of sp³-hybridized carbons (Fsp3) is 0.750. The van der Waals surface area contributed by atoms with Gasteiger partial charge >= 0.3 is 0 Å². The Morgan fingerprint density at radius 3 is 2.69 bits per heavy atom. The minimum atomic E-state index is 0.569. The predicted octanol–water partition coefficient (Wildman–Crippen LogP) is 0.945. The van der Waals surface area contributed by atoms with Gasteiger partial charge in [0.2, 0.25) is 0 Å². The van der Waals surface area contributed by atoms with Crippen molar-refractivity contribution in [2.45, 2.75) is 18.8 Å². The molecule has 0 bridgehead atoms. The van der Waals surface area contributed by atoms with E-state index in [1.165, 1.54) is 0 Å². The Labute approximate surface area is 82.4 Å². The van der Waals surface area contributed by atoms with Gasteiger partial charge in [0.15, 0.2) is 4.77 Å². The summed E-state index contributed by atoms with van der Waals surface area (Å²) in [6, 6.07) is 0. The highest BCUT2D eigenvalue weighted by molar-refractivity contribution is 7.71. The molecule has 0 atom stereocenters. The number of nitrogens with zero attached hydrogens (tertiary/aromatic N) is 2. The van der Waals surface area contributed by atoms with Crippen molar-refractivity contribution in [3.8, 4) is 0 Å². The van der Waals surface area contributed by atoms with Gasteiger partial charge < -0.3 is 9.88 Å². The van der Waals surface area contributed by atoms with Gasteiger partial charge in [0.25, 0.3) is 0 Å². The van der Waals surface area contributed by atoms with Crippen molar-refractivity contribution in [2.24, 2.45) is 7.05 Å². The molecule has 1 saturated heterocycles. The Kier molecular flexibility index (Phi) is 2.46. The highest BCUT2D eigenvalue weighted by Crippen LogP contribution is 2.22. The SMILES string of the molecule is Cn1c(C2CCNCC2)n[nH]c1=S. The van der Waals surface area contributed by atoms with Crippen molar-refractivity contribution in [3.05, 3.63) is 10.6 Å². The first kappa shape index (κ1) is 8.90. The van der Waals surface area contributed by atoms with E-state index in [4.69, 9.17) is 12.2 Å². The Balaban J connectivity index is 2.23. The van der Waals surface area contributed by atoms with E-state index in [0.717, 1.165) is 31.8 Å². The van der Waals surface area contributed by atoms with Crippen molar-refractivity contribution in [3.63, 3.8) is 0 Å². The maximum atomic E-state index is 5.07. The van der Waals surface area contributed by atoms with Gasteiger partial charge in [-0.2, -0.15) is 5.10 Å². The van der Waals surface area contributed by atoms with E-state index in [-0.39, 0.29) is 0 Å². The summed E-state index contributed by atoms with van der Waals surface area (Å²) in [4.78, 5) is 0. The third kappa shape index (κ3) is 1.66. The second kappa shape index (κ2) is 3.59. The van der Waals surface area contributed by atoms with E-state index < -0.39 is 0 Å². The molecular formula is C8H14N4S. The lowest BCUT2D eigenvalue weighted by Gasteiger charge is -2.21. The lowest BCUT2D eigenvalue weighted by atomic mass is 9.97. The van der Waals surface area contributed by atoms with Crippen LogP contribution in [-0.4, -0.2) is 27.9 Å². The van der Waals surface area contributed by atoms with Gasteiger partial charge in [-0.3, -0.25) is 5.10 Å². The Bertz CT molecular complexity index is 334. The van der Waals surface area contributed by atoms with Gasteiger partial charge in [0.1, 0.15) is 5.82 Å². The fourth-order valence-electron chi connectivity index (χ4n) is 1.80. The molecule has 0 unspecified atom stereocenters. The van der Waals surface area contributed by atoms with Gasteiger partial charge in [-0.15, -0.1) is 0 Å². The molecule has 2 N–H and O–H groups in total. The molecule has 0 spiro atoms. The normalized spacial score (nSPS) is 19.2. The molecule has 1 aromatic rings. The number of hydrogen-bond donors (Lipinski definition) is 2. The molecular weight excluding hydrogens is 184 g/mol. The van der Waals surface area contributed by atoms with Crippen LogP contribution in [0.4, 0.5) is 0 Å². The minimum absolute atomic E-state index is 0.569. The summed E-state index contributed by atoms with van der Waals surface area (Å²) in [6.45, 7) is 2.18. The summed E-state index contributed by atoms with van der Waals surface area (Å²) in [7, 11) is 1.98. The van der Waals surface area contributed by atoms with Crippen LogP contribution in [0, 0.1) is 4.77 Å². The molecule has 0 aromatic carbocycles. The quantitative estimate of drug-likeness (QED) is 0.660. The van der Waals surface area contributed by atoms with E-state index in [2.05, 4.69) is 15.5 Å². The minimum Gasteiger partial charge on any atom is -0.317 e. The molecule has 2 rings (SSSR count). The summed E-state index contributed by atoms with van der Waals surface area (Å²) in [5.41, 5.74) is 0. The van der Waals surface area contributed by atoms with Crippen molar-refractivity contribution < 1.29 is 0 Å². The van der Waals surface area contributed by atoms with Crippen LogP contribution in [0.5, 0.6) is 0 Å². The van der Waals surface area contributed by atoms with Crippen LogP contribution in [0.1, 0.15) is 24.6 Å². The molecule has 5 heteroatoms. The highest BCUT2D eigenvalue weighted by Gasteiger charge is 2.19. The summed E-state index contributed by atoms with van der Waals surface area (Å²) >= 11 is 5.07. The van der Waals surface area contributed by atoms with Crippen LogP contribution < -0.4 is 5.32 Å². The predicted molar refractivity (Wildman–Crippen MR) is 53.2 cm³/mol. The van der Waals surface area contributed by atoms with Crippen molar-refractivity contribution in [2.75, 3.05) is 13.1 Å². The van der Waals surface area contributed by atoms with E-state index in [9.17, 15) is 0 Å². The maximum absolute atomic E-state index is 5.07. The van der Waals surface area contributed by atoms with Crippen molar-refractivity contribution in [1.29, 1.82) is 0 Å². The number of hydrogen-bond acceptors (Lipinski definition) is 3. The number of piperidine rings is 1. The molecule has 4 nitrogen and oxygen atoms in total. The zero-order valence-corrected chi connectivity index (χ0v) is 8.52. The molecule has 0 saturated carbocycles. The van der Waals surface area contributed by atoms with Crippen LogP contribution in [0.2, 0.25) is 0 Å². The first-order chi connectivity index (χ1) is 6.29. The van der Waals surface area contributed by atoms with E-state index in [1.807, 2.05) is 11.6 Å². The number of rotatable bonds is 1. The summed E-state index contributed by atoms with van der Waals surface area (Å²) in [6.07, 6.45) is 2.32. The Morgan fingerprint density at radius 1 is 1.46 bits per heavy atom. The number of aromatic amines is 1. The average molecular weight is 198 g/mol. The monoisotopic (exact) mass is 198 g/mol. The zero-order valence-electron chi connectivity index (χ0n) is 7.71. The first-order valence-electron chi connectivity index (χ1n) is 4.61. The van der Waals surface area contributed by atoms with Gasteiger partial charge in [-0.1, -0.05) is 0 Å². The van der Waals surface area contributed by atoms with Crippen LogP contribution in [-0.2, 0) is 7.05 Å². The van der Waals surface area contributed by atoms with Gasteiger partial charge in [0, 0.05) is 13.0 Å². The Morgan fingerprint density at radius 2 is 2.15 bits per heavy atom. The lowest BCUT2D eigenvalue weighted by Crippen LogP contribution is -2.27. The maximum Gasteiger partial charge on any atom is 0.194 e. The lowest BCUT2D eigenvalue weighted by molar-refractivity contribution is 0.436. The molecule has 72 valence electrons. The Hall–Kier alpha value is -0.680. The molecule has 0 aliphatic carbocycles. The molecule has 2 heterocycles. The number of aromatic nitrogens is 3. The van der Waals surface area contributed by atoms with Crippen LogP contribution in [0.15, 0.2) is 0 Å². The second-order valence-electron chi connectivity index (χ2n) is 3.47. The van der Waals surface area contributed by atoms with Gasteiger partial charge in [0.05, 0.1) is 0 Å². The van der Waals surface area contributed by atoms with E-state index in [1.54, 1.807) is 0 Å². The zero-order chi connectivity index (χ0) is 9.26. The molecule has 1 fully saturated rings. The third-order valence-corrected chi connectivity index (χ3v) is 2.98. The second-order valence-corrected chi connectivity index (χ2v) is 3.86. The van der Waals surface area contributed by atoms with Crippen LogP contribution >= 0.6 is 12.2 Å². The molecule has 1 aromatic heterocycles. The van der Waals surface area contributed by atoms with E-state index in [0.29, 0.717) is 10.7 Å². The summed E-state index contributed by atoms with van der Waals surface area (Å²) in [5, 5.41) is 10.4. The summed E-state index contributed by atoms with van der Waals surface area (Å²) < 4.78 is 2.69. The standard InChI is InChI=1S/C8H14N4S/c1-12-7(10-11-8(12)13)6-2-4-9-5-3-6/h6,9H,2-5H2,1H3,(H,11,13).